The number of carbonyl (C=O) groups excluding carboxylic acids is 1. The molecule has 1 fully saturated rings. The minimum absolute atomic E-state index is 0.00754. The van der Waals surface area contributed by atoms with Gasteiger partial charge in [-0.2, -0.15) is 0 Å². The van der Waals surface area contributed by atoms with Gasteiger partial charge in [-0.15, -0.1) is 0 Å². The molecule has 3 aromatic carbocycles. The maximum Gasteiger partial charge on any atom is 0.259 e. The predicted molar refractivity (Wildman–Crippen MR) is 122 cm³/mol. The van der Waals surface area contributed by atoms with Crippen molar-refractivity contribution < 1.29 is 22.7 Å². The number of ether oxygens (including phenoxy) is 2. The molecule has 1 aliphatic rings. The van der Waals surface area contributed by atoms with Crippen LogP contribution in [-0.2, 0) is 10.0 Å². The summed E-state index contributed by atoms with van der Waals surface area (Å²) in [5, 5.41) is 2.75. The lowest BCUT2D eigenvalue weighted by Gasteiger charge is -2.13. The van der Waals surface area contributed by atoms with E-state index in [2.05, 4.69) is 10.0 Å². The van der Waals surface area contributed by atoms with Crippen molar-refractivity contribution in [3.8, 4) is 11.5 Å². The highest BCUT2D eigenvalue weighted by molar-refractivity contribution is 7.89. The summed E-state index contributed by atoms with van der Waals surface area (Å²) in [6, 6.07) is 22.5. The second kappa shape index (κ2) is 9.84. The van der Waals surface area contributed by atoms with E-state index in [0.29, 0.717) is 23.6 Å². The van der Waals surface area contributed by atoms with Crippen LogP contribution in [0.1, 0.15) is 23.2 Å². The first-order chi connectivity index (χ1) is 15.5. The van der Waals surface area contributed by atoms with Crippen LogP contribution in [0.25, 0.3) is 0 Å². The van der Waals surface area contributed by atoms with Crippen LogP contribution >= 0.6 is 0 Å². The minimum atomic E-state index is -3.61. The zero-order valence-corrected chi connectivity index (χ0v) is 18.2. The summed E-state index contributed by atoms with van der Waals surface area (Å²) >= 11 is 0. The third-order valence-electron chi connectivity index (χ3n) is 4.79. The van der Waals surface area contributed by atoms with Gasteiger partial charge >= 0.3 is 0 Å². The molecule has 0 aliphatic heterocycles. The summed E-state index contributed by atoms with van der Waals surface area (Å²) in [6.07, 6.45) is 1.70. The van der Waals surface area contributed by atoms with Gasteiger partial charge in [0, 0.05) is 11.7 Å². The summed E-state index contributed by atoms with van der Waals surface area (Å²) < 4.78 is 38.9. The summed E-state index contributed by atoms with van der Waals surface area (Å²) in [5.74, 6) is 0.767. The Balaban J connectivity index is 1.39. The van der Waals surface area contributed by atoms with Crippen molar-refractivity contribution >= 4 is 21.6 Å². The smallest absolute Gasteiger partial charge is 0.259 e. The second-order valence-electron chi connectivity index (χ2n) is 7.38. The van der Waals surface area contributed by atoms with Crippen molar-refractivity contribution in [1.82, 2.24) is 4.72 Å². The van der Waals surface area contributed by atoms with Crippen LogP contribution in [0.15, 0.2) is 83.8 Å². The van der Waals surface area contributed by atoms with Crippen LogP contribution in [0.3, 0.4) is 0 Å². The molecule has 0 spiro atoms. The molecular weight excluding hydrogens is 428 g/mol. The Bertz CT molecular complexity index is 1180. The monoisotopic (exact) mass is 452 g/mol. The number of anilines is 1. The van der Waals surface area contributed by atoms with Gasteiger partial charge in [0.05, 0.1) is 10.5 Å². The van der Waals surface area contributed by atoms with E-state index in [-0.39, 0.29) is 17.5 Å². The average Bonchev–Trinajstić information content (AvgIpc) is 3.61. The largest absolute Gasteiger partial charge is 0.490 e. The molecule has 1 amide bonds. The minimum Gasteiger partial charge on any atom is -0.490 e. The number of sulfonamides is 1. The molecule has 8 heteroatoms. The Labute approximate surface area is 187 Å². The SMILES string of the molecule is O=C(Nc1cccc(S(=O)(=O)NC2CC2)c1)c1ccccc1OCCOc1ccccc1. The van der Waals surface area contributed by atoms with Gasteiger partial charge < -0.3 is 14.8 Å². The third-order valence-corrected chi connectivity index (χ3v) is 6.30. The van der Waals surface area contributed by atoms with E-state index < -0.39 is 15.9 Å². The number of amides is 1. The molecule has 32 heavy (non-hydrogen) atoms. The summed E-state index contributed by atoms with van der Waals surface area (Å²) in [4.78, 5) is 13.0. The molecule has 3 aromatic rings. The van der Waals surface area contributed by atoms with Gasteiger partial charge in [0.1, 0.15) is 24.7 Å². The highest BCUT2D eigenvalue weighted by atomic mass is 32.2. The number of hydrogen-bond acceptors (Lipinski definition) is 5. The topological polar surface area (TPSA) is 93.7 Å². The first-order valence-corrected chi connectivity index (χ1v) is 11.8. The van der Waals surface area contributed by atoms with Crippen LogP contribution in [-0.4, -0.2) is 33.6 Å². The molecule has 7 nitrogen and oxygen atoms in total. The lowest BCUT2D eigenvalue weighted by Crippen LogP contribution is -2.25. The van der Waals surface area contributed by atoms with E-state index in [9.17, 15) is 13.2 Å². The lowest BCUT2D eigenvalue weighted by atomic mass is 10.2. The quantitative estimate of drug-likeness (QED) is 0.456. The molecule has 0 aromatic heterocycles. The van der Waals surface area contributed by atoms with Gasteiger partial charge in [-0.05, 0) is 55.3 Å². The van der Waals surface area contributed by atoms with E-state index in [1.54, 1.807) is 36.4 Å². The second-order valence-corrected chi connectivity index (χ2v) is 9.10. The zero-order chi connectivity index (χ0) is 22.4. The summed E-state index contributed by atoms with van der Waals surface area (Å²) in [7, 11) is -3.61. The normalized spacial score (nSPS) is 13.4. The molecule has 2 N–H and O–H groups in total. The molecule has 0 heterocycles. The number of para-hydroxylation sites is 2. The van der Waals surface area contributed by atoms with Gasteiger partial charge in [-0.1, -0.05) is 36.4 Å². The highest BCUT2D eigenvalue weighted by Crippen LogP contribution is 2.24. The van der Waals surface area contributed by atoms with E-state index in [1.165, 1.54) is 12.1 Å². The first-order valence-electron chi connectivity index (χ1n) is 10.3. The first kappa shape index (κ1) is 21.9. The van der Waals surface area contributed by atoms with Crippen molar-refractivity contribution in [1.29, 1.82) is 0 Å². The molecule has 4 rings (SSSR count). The van der Waals surface area contributed by atoms with Gasteiger partial charge in [-0.25, -0.2) is 13.1 Å². The molecular formula is C24H24N2O5S. The van der Waals surface area contributed by atoms with E-state index in [0.717, 1.165) is 18.6 Å². The van der Waals surface area contributed by atoms with Gasteiger partial charge in [-0.3, -0.25) is 4.79 Å². The molecule has 1 saturated carbocycles. The van der Waals surface area contributed by atoms with Crippen molar-refractivity contribution in [2.24, 2.45) is 0 Å². The van der Waals surface area contributed by atoms with Crippen LogP contribution in [0, 0.1) is 0 Å². The number of rotatable bonds is 10. The van der Waals surface area contributed by atoms with Crippen LogP contribution in [0.5, 0.6) is 11.5 Å². The molecule has 0 atom stereocenters. The molecule has 0 bridgehead atoms. The fourth-order valence-corrected chi connectivity index (χ4v) is 4.39. The maximum atomic E-state index is 12.9. The van der Waals surface area contributed by atoms with Gasteiger partial charge in [0.25, 0.3) is 5.91 Å². The summed E-state index contributed by atoms with van der Waals surface area (Å²) in [5.41, 5.74) is 0.729. The fourth-order valence-electron chi connectivity index (χ4n) is 3.04. The molecule has 0 unspecified atom stereocenters. The highest BCUT2D eigenvalue weighted by Gasteiger charge is 2.28. The molecule has 1 aliphatic carbocycles. The predicted octanol–water partition coefficient (Wildman–Crippen LogP) is 3.84. The van der Waals surface area contributed by atoms with E-state index in [4.69, 9.17) is 9.47 Å². The lowest BCUT2D eigenvalue weighted by molar-refractivity contribution is 0.102. The Morgan fingerprint density at radius 1 is 0.875 bits per heavy atom. The maximum absolute atomic E-state index is 12.9. The number of hydrogen-bond donors (Lipinski definition) is 2. The number of nitrogens with one attached hydrogen (secondary N) is 2. The number of carbonyl (C=O) groups is 1. The number of benzene rings is 3. The van der Waals surface area contributed by atoms with Crippen molar-refractivity contribution in [2.75, 3.05) is 18.5 Å². The molecule has 166 valence electrons. The van der Waals surface area contributed by atoms with Gasteiger partial charge in [0.15, 0.2) is 0 Å². The van der Waals surface area contributed by atoms with Crippen molar-refractivity contribution in [3.63, 3.8) is 0 Å². The zero-order valence-electron chi connectivity index (χ0n) is 17.4. The fraction of sp³-hybridized carbons (Fsp3) is 0.208. The van der Waals surface area contributed by atoms with E-state index in [1.807, 2.05) is 30.3 Å². The van der Waals surface area contributed by atoms with Crippen molar-refractivity contribution in [2.45, 2.75) is 23.8 Å². The Morgan fingerprint density at radius 3 is 2.38 bits per heavy atom. The van der Waals surface area contributed by atoms with Crippen molar-refractivity contribution in [3.05, 3.63) is 84.4 Å². The van der Waals surface area contributed by atoms with Crippen LogP contribution in [0.4, 0.5) is 5.69 Å². The summed E-state index contributed by atoms with van der Waals surface area (Å²) in [6.45, 7) is 0.591. The average molecular weight is 453 g/mol. The molecule has 0 saturated heterocycles. The van der Waals surface area contributed by atoms with Crippen LogP contribution < -0.4 is 19.5 Å². The Morgan fingerprint density at radius 2 is 1.59 bits per heavy atom. The van der Waals surface area contributed by atoms with Crippen LogP contribution in [0.2, 0.25) is 0 Å². The van der Waals surface area contributed by atoms with Gasteiger partial charge in [0.2, 0.25) is 10.0 Å². The molecule has 0 radical (unpaired) electrons. The Kier molecular flexibility index (Phi) is 6.72. The van der Waals surface area contributed by atoms with E-state index >= 15 is 0 Å². The standard InChI is InChI=1S/C24H24N2O5S/c27-24(25-19-7-6-10-21(17-19)32(28,29)26-18-13-14-18)22-11-4-5-12-23(22)31-16-15-30-20-8-2-1-3-9-20/h1-12,17-18,26H,13-16H2,(H,25,27). The Hall–Kier alpha value is -3.36. The third kappa shape index (κ3) is 5.87.